The van der Waals surface area contributed by atoms with Crippen LogP contribution in [0.15, 0.2) is 18.3 Å². The summed E-state index contributed by atoms with van der Waals surface area (Å²) < 4.78 is 11.3. The molecule has 92 valence electrons. The van der Waals surface area contributed by atoms with Crippen LogP contribution < -0.4 is 4.57 Å². The number of nitrogens with zero attached hydrogens (tertiary/aromatic N) is 1. The van der Waals surface area contributed by atoms with Gasteiger partial charge < -0.3 is 9.47 Å². The lowest BCUT2D eigenvalue weighted by Crippen LogP contribution is -2.39. The van der Waals surface area contributed by atoms with Crippen molar-refractivity contribution < 1.29 is 23.6 Å². The first-order chi connectivity index (χ1) is 8.11. The molecule has 0 fully saturated rings. The summed E-state index contributed by atoms with van der Waals surface area (Å²) in [5.41, 5.74) is 0.420. The van der Waals surface area contributed by atoms with E-state index >= 15 is 0 Å². The number of carbonyl (C=O) groups excluding carboxylic acids is 2. The Balaban J connectivity index is 3.17. The van der Waals surface area contributed by atoms with Gasteiger partial charge in [0.05, 0.1) is 13.2 Å². The Labute approximate surface area is 100.0 Å². The van der Waals surface area contributed by atoms with Gasteiger partial charge in [-0.2, -0.15) is 4.57 Å². The first kappa shape index (κ1) is 13.2. The van der Waals surface area contributed by atoms with E-state index in [-0.39, 0.29) is 24.5 Å². The molecule has 0 N–H and O–H groups in total. The molecule has 0 saturated carbocycles. The molecular weight excluding hydrogens is 222 g/mol. The normalized spacial score (nSPS) is 9.82. The van der Waals surface area contributed by atoms with Crippen molar-refractivity contribution >= 4 is 11.9 Å². The number of carbonyl (C=O) groups is 2. The molecule has 17 heavy (non-hydrogen) atoms. The first-order valence-corrected chi connectivity index (χ1v) is 5.44. The minimum absolute atomic E-state index is 0.202. The highest BCUT2D eigenvalue weighted by Gasteiger charge is 2.28. The average Bonchev–Trinajstić information content (AvgIpc) is 2.29. The highest BCUT2D eigenvalue weighted by Crippen LogP contribution is 2.07. The van der Waals surface area contributed by atoms with Crippen LogP contribution in [0.4, 0.5) is 0 Å². The van der Waals surface area contributed by atoms with Crippen molar-refractivity contribution in [2.24, 2.45) is 7.05 Å². The number of pyridine rings is 1. The Kier molecular flexibility index (Phi) is 4.63. The third-order valence-corrected chi connectivity index (χ3v) is 2.14. The molecular formula is C12H16NO4+. The van der Waals surface area contributed by atoms with Crippen LogP contribution in [0.3, 0.4) is 0 Å². The summed E-state index contributed by atoms with van der Waals surface area (Å²) in [7, 11) is 1.68. The van der Waals surface area contributed by atoms with Gasteiger partial charge in [0.2, 0.25) is 0 Å². The van der Waals surface area contributed by atoms with E-state index in [1.54, 1.807) is 43.8 Å². The Morgan fingerprint density at radius 3 is 2.35 bits per heavy atom. The number of aryl methyl sites for hydroxylation is 1. The third kappa shape index (κ3) is 3.03. The number of esters is 2. The molecule has 1 heterocycles. The van der Waals surface area contributed by atoms with Crippen molar-refractivity contribution in [2.45, 2.75) is 13.8 Å². The summed E-state index contributed by atoms with van der Waals surface area (Å²) in [5.74, 6) is -1.05. The lowest BCUT2D eigenvalue weighted by Gasteiger charge is -2.05. The molecule has 0 aliphatic rings. The Morgan fingerprint density at radius 1 is 1.18 bits per heavy atom. The molecule has 0 unspecified atom stereocenters. The average molecular weight is 238 g/mol. The van der Waals surface area contributed by atoms with E-state index in [1.165, 1.54) is 0 Å². The summed E-state index contributed by atoms with van der Waals surface area (Å²) in [6.45, 7) is 3.95. The van der Waals surface area contributed by atoms with Crippen LogP contribution in [0, 0.1) is 0 Å². The highest BCUT2D eigenvalue weighted by molar-refractivity contribution is 6.00. The van der Waals surface area contributed by atoms with Crippen molar-refractivity contribution in [2.75, 3.05) is 13.2 Å². The number of ether oxygens (including phenoxy) is 2. The number of hydrogen-bond acceptors (Lipinski definition) is 4. The summed E-state index contributed by atoms with van der Waals surface area (Å²) in [5, 5.41) is 0. The van der Waals surface area contributed by atoms with Crippen LogP contribution in [-0.4, -0.2) is 25.2 Å². The second-order valence-corrected chi connectivity index (χ2v) is 3.32. The maximum atomic E-state index is 11.7. The maximum absolute atomic E-state index is 11.7. The largest absolute Gasteiger partial charge is 0.462 e. The highest BCUT2D eigenvalue weighted by atomic mass is 16.5. The zero-order valence-electron chi connectivity index (χ0n) is 10.2. The predicted molar refractivity (Wildman–Crippen MR) is 59.5 cm³/mol. The van der Waals surface area contributed by atoms with E-state index in [0.29, 0.717) is 0 Å². The molecule has 5 nitrogen and oxygen atoms in total. The second kappa shape index (κ2) is 5.98. The van der Waals surface area contributed by atoms with E-state index in [2.05, 4.69) is 0 Å². The first-order valence-electron chi connectivity index (χ1n) is 5.44. The summed E-state index contributed by atoms with van der Waals surface area (Å²) in [6, 6.07) is 3.22. The third-order valence-electron chi connectivity index (χ3n) is 2.14. The molecule has 0 atom stereocenters. The topological polar surface area (TPSA) is 56.5 Å². The van der Waals surface area contributed by atoms with Gasteiger partial charge in [-0.3, -0.25) is 0 Å². The molecule has 0 aliphatic heterocycles. The van der Waals surface area contributed by atoms with Gasteiger partial charge >= 0.3 is 17.6 Å². The fourth-order valence-electron chi connectivity index (χ4n) is 1.44. The molecule has 0 spiro atoms. The van der Waals surface area contributed by atoms with Crippen LogP contribution in [-0.2, 0) is 16.5 Å². The van der Waals surface area contributed by atoms with E-state index in [0.717, 1.165) is 0 Å². The Hall–Kier alpha value is -1.91. The quantitative estimate of drug-likeness (QED) is 0.577. The molecule has 1 rings (SSSR count). The van der Waals surface area contributed by atoms with Crippen LogP contribution in [0.2, 0.25) is 0 Å². The fraction of sp³-hybridized carbons (Fsp3) is 0.417. The van der Waals surface area contributed by atoms with Gasteiger partial charge in [0, 0.05) is 6.07 Å². The van der Waals surface area contributed by atoms with Gasteiger partial charge in [-0.25, -0.2) is 9.59 Å². The van der Waals surface area contributed by atoms with Crippen molar-refractivity contribution in [1.29, 1.82) is 0 Å². The molecule has 5 heteroatoms. The number of rotatable bonds is 4. The Morgan fingerprint density at radius 2 is 1.76 bits per heavy atom. The molecule has 0 aliphatic carbocycles. The Bertz CT molecular complexity index is 429. The van der Waals surface area contributed by atoms with Crippen molar-refractivity contribution in [1.82, 2.24) is 0 Å². The fourth-order valence-corrected chi connectivity index (χ4v) is 1.44. The lowest BCUT2D eigenvalue weighted by molar-refractivity contribution is -0.674. The van der Waals surface area contributed by atoms with Crippen LogP contribution in [0.1, 0.15) is 34.7 Å². The van der Waals surface area contributed by atoms with Crippen molar-refractivity contribution in [3.63, 3.8) is 0 Å². The maximum Gasteiger partial charge on any atom is 0.404 e. The zero-order valence-corrected chi connectivity index (χ0v) is 10.2. The van der Waals surface area contributed by atoms with E-state index in [9.17, 15) is 9.59 Å². The van der Waals surface area contributed by atoms with Gasteiger partial charge in [0.15, 0.2) is 6.20 Å². The summed E-state index contributed by atoms with van der Waals surface area (Å²) >= 11 is 0. The zero-order chi connectivity index (χ0) is 12.8. The molecule has 0 saturated heterocycles. The lowest BCUT2D eigenvalue weighted by atomic mass is 10.2. The second-order valence-electron chi connectivity index (χ2n) is 3.32. The van der Waals surface area contributed by atoms with Crippen molar-refractivity contribution in [3.8, 4) is 0 Å². The van der Waals surface area contributed by atoms with Crippen LogP contribution in [0.25, 0.3) is 0 Å². The van der Waals surface area contributed by atoms with Gasteiger partial charge in [-0.05, 0) is 19.9 Å². The minimum atomic E-state index is -0.529. The van der Waals surface area contributed by atoms with Gasteiger partial charge in [0.1, 0.15) is 12.6 Å². The van der Waals surface area contributed by atoms with Gasteiger partial charge in [-0.1, -0.05) is 0 Å². The van der Waals surface area contributed by atoms with Gasteiger partial charge in [0.25, 0.3) is 0 Å². The summed E-state index contributed by atoms with van der Waals surface area (Å²) in [6.07, 6.45) is 1.68. The van der Waals surface area contributed by atoms with E-state index in [4.69, 9.17) is 9.47 Å². The predicted octanol–water partition coefficient (Wildman–Crippen LogP) is 0.865. The number of aromatic nitrogens is 1. The SMILES string of the molecule is CCOC(=O)c1ccc[n+](C)c1C(=O)OCC. The molecule has 1 aromatic heterocycles. The number of hydrogen-bond donors (Lipinski definition) is 0. The molecule has 0 amide bonds. The van der Waals surface area contributed by atoms with E-state index < -0.39 is 11.9 Å². The summed E-state index contributed by atoms with van der Waals surface area (Å²) in [4.78, 5) is 23.4. The molecule has 0 bridgehead atoms. The minimum Gasteiger partial charge on any atom is -0.462 e. The standard InChI is InChI=1S/C12H16NO4/c1-4-16-11(14)9-7-6-8-13(3)10(9)12(15)17-5-2/h6-8H,4-5H2,1-3H3/q+1. The van der Waals surface area contributed by atoms with Crippen LogP contribution in [0.5, 0.6) is 0 Å². The molecule has 1 aromatic rings. The molecule has 0 aromatic carbocycles. The molecule has 0 radical (unpaired) electrons. The van der Waals surface area contributed by atoms with Crippen LogP contribution >= 0.6 is 0 Å². The van der Waals surface area contributed by atoms with Crippen molar-refractivity contribution in [3.05, 3.63) is 29.6 Å². The van der Waals surface area contributed by atoms with Gasteiger partial charge in [-0.15, -0.1) is 0 Å². The monoisotopic (exact) mass is 238 g/mol. The smallest absolute Gasteiger partial charge is 0.404 e. The van der Waals surface area contributed by atoms with E-state index in [1.807, 2.05) is 0 Å².